The van der Waals surface area contributed by atoms with Gasteiger partial charge in [0.1, 0.15) is 13.2 Å². The van der Waals surface area contributed by atoms with Crippen molar-refractivity contribution in [3.05, 3.63) is 134 Å². The fourth-order valence-electron chi connectivity index (χ4n) is 6.51. The van der Waals surface area contributed by atoms with Gasteiger partial charge in [-0.3, -0.25) is 14.4 Å². The minimum atomic E-state index is -0.818. The molecular formula is C59H92O6. The Morgan fingerprint density at radius 1 is 0.338 bits per heavy atom. The molecule has 364 valence electrons. The Labute approximate surface area is 398 Å². The van der Waals surface area contributed by atoms with Gasteiger partial charge in [-0.1, -0.05) is 225 Å². The molecule has 0 N–H and O–H groups in total. The maximum Gasteiger partial charge on any atom is 0.306 e. The van der Waals surface area contributed by atoms with Gasteiger partial charge >= 0.3 is 17.9 Å². The lowest BCUT2D eigenvalue weighted by atomic mass is 10.1. The quantitative estimate of drug-likeness (QED) is 0.0199. The second kappa shape index (κ2) is 52.2. The molecule has 0 aliphatic rings. The first-order valence-electron chi connectivity index (χ1n) is 25.8. The average molecular weight is 897 g/mol. The van der Waals surface area contributed by atoms with Gasteiger partial charge in [0.05, 0.1) is 0 Å². The van der Waals surface area contributed by atoms with E-state index < -0.39 is 6.10 Å². The molecule has 0 radical (unpaired) electrons. The Hall–Kier alpha value is -4.45. The number of hydrogen-bond acceptors (Lipinski definition) is 6. The first-order valence-corrected chi connectivity index (χ1v) is 25.8. The van der Waals surface area contributed by atoms with Gasteiger partial charge in [-0.25, -0.2) is 0 Å². The minimum absolute atomic E-state index is 0.113. The van der Waals surface area contributed by atoms with E-state index in [1.54, 1.807) is 0 Å². The van der Waals surface area contributed by atoms with Crippen LogP contribution in [-0.2, 0) is 28.6 Å². The predicted molar refractivity (Wildman–Crippen MR) is 279 cm³/mol. The zero-order valence-electron chi connectivity index (χ0n) is 41.4. The smallest absolute Gasteiger partial charge is 0.306 e. The molecule has 65 heavy (non-hydrogen) atoms. The van der Waals surface area contributed by atoms with Crippen LogP contribution in [0.15, 0.2) is 134 Å². The van der Waals surface area contributed by atoms with Crippen molar-refractivity contribution in [3.63, 3.8) is 0 Å². The van der Waals surface area contributed by atoms with Crippen molar-refractivity contribution in [2.45, 2.75) is 207 Å². The molecule has 0 bridgehead atoms. The van der Waals surface area contributed by atoms with E-state index in [1.165, 1.54) is 44.9 Å². The summed E-state index contributed by atoms with van der Waals surface area (Å²) in [7, 11) is 0. The molecule has 0 saturated carbocycles. The fraction of sp³-hybridized carbons (Fsp3) is 0.576. The highest BCUT2D eigenvalue weighted by atomic mass is 16.6. The summed E-state index contributed by atoms with van der Waals surface area (Å²) < 4.78 is 16.7. The SMILES string of the molecule is CC\C=C/C=C\C=C/C=C\C=C/CCCCCC(=O)OC(COC(=O)CCCCCCC\C=C/C=C\C=C/C=C\CCCCC)COC(=O)CCCCCCCCC/C=C\C/C=C\CC. The van der Waals surface area contributed by atoms with Crippen molar-refractivity contribution >= 4 is 17.9 Å². The van der Waals surface area contributed by atoms with E-state index >= 15 is 0 Å². The van der Waals surface area contributed by atoms with Crippen molar-refractivity contribution in [2.24, 2.45) is 0 Å². The molecule has 0 saturated heterocycles. The normalized spacial score (nSPS) is 13.2. The van der Waals surface area contributed by atoms with E-state index in [1.807, 2.05) is 48.6 Å². The molecule has 0 fully saturated rings. The summed E-state index contributed by atoms with van der Waals surface area (Å²) in [6.07, 6.45) is 72.8. The fourth-order valence-corrected chi connectivity index (χ4v) is 6.51. The molecule has 0 rings (SSSR count). The van der Waals surface area contributed by atoms with Gasteiger partial charge in [0.15, 0.2) is 6.10 Å². The highest BCUT2D eigenvalue weighted by Gasteiger charge is 2.19. The molecule has 1 atom stereocenters. The van der Waals surface area contributed by atoms with Crippen molar-refractivity contribution in [3.8, 4) is 0 Å². The molecule has 0 aromatic carbocycles. The second-order valence-corrected chi connectivity index (χ2v) is 16.5. The van der Waals surface area contributed by atoms with Crippen molar-refractivity contribution in [1.82, 2.24) is 0 Å². The van der Waals surface area contributed by atoms with E-state index in [4.69, 9.17) is 14.2 Å². The molecule has 0 aliphatic heterocycles. The van der Waals surface area contributed by atoms with E-state index in [0.717, 1.165) is 109 Å². The van der Waals surface area contributed by atoms with Gasteiger partial charge in [-0.15, -0.1) is 0 Å². The monoisotopic (exact) mass is 897 g/mol. The first kappa shape index (κ1) is 60.5. The summed E-state index contributed by atoms with van der Waals surface area (Å²) in [5, 5.41) is 0. The van der Waals surface area contributed by atoms with Gasteiger partial charge in [-0.2, -0.15) is 0 Å². The van der Waals surface area contributed by atoms with Crippen LogP contribution in [0.1, 0.15) is 201 Å². The molecule has 0 amide bonds. The van der Waals surface area contributed by atoms with Crippen LogP contribution in [0.3, 0.4) is 0 Å². The van der Waals surface area contributed by atoms with Crippen molar-refractivity contribution in [1.29, 1.82) is 0 Å². The Balaban J connectivity index is 4.55. The Morgan fingerprint density at radius 2 is 0.677 bits per heavy atom. The van der Waals surface area contributed by atoms with Gasteiger partial charge in [0.2, 0.25) is 0 Å². The molecular weight excluding hydrogens is 805 g/mol. The molecule has 0 aromatic rings. The van der Waals surface area contributed by atoms with E-state index in [0.29, 0.717) is 19.3 Å². The molecule has 0 heterocycles. The lowest BCUT2D eigenvalue weighted by Gasteiger charge is -2.18. The highest BCUT2D eigenvalue weighted by Crippen LogP contribution is 2.13. The van der Waals surface area contributed by atoms with Crippen LogP contribution >= 0.6 is 0 Å². The summed E-state index contributed by atoms with van der Waals surface area (Å²) in [6, 6.07) is 0. The van der Waals surface area contributed by atoms with Crippen LogP contribution in [-0.4, -0.2) is 37.2 Å². The number of rotatable bonds is 44. The number of unbranched alkanes of at least 4 members (excludes halogenated alkanes) is 18. The Bertz CT molecular complexity index is 1450. The van der Waals surface area contributed by atoms with E-state index in [-0.39, 0.29) is 37.5 Å². The van der Waals surface area contributed by atoms with Crippen molar-refractivity contribution < 1.29 is 28.6 Å². The lowest BCUT2D eigenvalue weighted by Crippen LogP contribution is -2.30. The third-order valence-electron chi connectivity index (χ3n) is 10.3. The van der Waals surface area contributed by atoms with Gasteiger partial charge in [0, 0.05) is 19.3 Å². The summed E-state index contributed by atoms with van der Waals surface area (Å²) in [5.74, 6) is -0.996. The maximum absolute atomic E-state index is 12.8. The van der Waals surface area contributed by atoms with Crippen LogP contribution in [0.2, 0.25) is 0 Å². The van der Waals surface area contributed by atoms with Crippen LogP contribution in [0, 0.1) is 0 Å². The molecule has 0 aliphatic carbocycles. The number of carbonyl (C=O) groups excluding carboxylic acids is 3. The predicted octanol–water partition coefficient (Wildman–Crippen LogP) is 17.1. The third-order valence-corrected chi connectivity index (χ3v) is 10.3. The summed E-state index contributed by atoms with van der Waals surface area (Å²) in [4.78, 5) is 38.0. The van der Waals surface area contributed by atoms with Gasteiger partial charge in [-0.05, 0) is 89.9 Å². The maximum atomic E-state index is 12.8. The largest absolute Gasteiger partial charge is 0.462 e. The number of carbonyl (C=O) groups is 3. The van der Waals surface area contributed by atoms with Crippen LogP contribution in [0.5, 0.6) is 0 Å². The number of ether oxygens (including phenoxy) is 3. The average Bonchev–Trinajstić information content (AvgIpc) is 3.30. The number of esters is 3. The summed E-state index contributed by atoms with van der Waals surface area (Å²) >= 11 is 0. The highest BCUT2D eigenvalue weighted by molar-refractivity contribution is 5.71. The second-order valence-electron chi connectivity index (χ2n) is 16.5. The van der Waals surface area contributed by atoms with Crippen LogP contribution < -0.4 is 0 Å². The minimum Gasteiger partial charge on any atom is -0.462 e. The molecule has 6 nitrogen and oxygen atoms in total. The van der Waals surface area contributed by atoms with E-state index in [2.05, 4.69) is 106 Å². The van der Waals surface area contributed by atoms with Crippen molar-refractivity contribution in [2.75, 3.05) is 13.2 Å². The summed E-state index contributed by atoms with van der Waals surface area (Å²) in [5.41, 5.74) is 0. The topological polar surface area (TPSA) is 78.9 Å². The zero-order chi connectivity index (χ0) is 47.2. The lowest BCUT2D eigenvalue weighted by molar-refractivity contribution is -0.167. The Morgan fingerprint density at radius 3 is 1.12 bits per heavy atom. The zero-order valence-corrected chi connectivity index (χ0v) is 41.4. The standard InChI is InChI=1S/C59H92O6/c1-4-7-10-13-16-19-22-25-28-29-30-32-34-37-40-43-46-49-52-58(61)64-55-56(54-63-57(60)51-48-45-42-39-36-33-27-24-21-18-15-12-9-6-3)65-59(62)53-50-47-44-41-38-35-31-26-23-20-17-14-11-8-5-2/h8-9,11-12,14,16-23,25-26,28-32,35,38,56H,4-7,10,13,15,24,27,33-34,36-37,39-55H2,1-3H3/b11-8-,12-9-,17-14-,19-16-,21-18-,23-20-,25-22-,29-28-,31-26-,32-30-,38-35-. The summed E-state index contributed by atoms with van der Waals surface area (Å²) in [6.45, 7) is 6.27. The number of hydrogen-bond donors (Lipinski definition) is 0. The third kappa shape index (κ3) is 50.4. The van der Waals surface area contributed by atoms with Crippen LogP contribution in [0.4, 0.5) is 0 Å². The first-order chi connectivity index (χ1) is 32.0. The van der Waals surface area contributed by atoms with E-state index in [9.17, 15) is 14.4 Å². The number of allylic oxidation sites excluding steroid dienone is 22. The van der Waals surface area contributed by atoms with Crippen LogP contribution in [0.25, 0.3) is 0 Å². The van der Waals surface area contributed by atoms with Gasteiger partial charge in [0.25, 0.3) is 0 Å². The van der Waals surface area contributed by atoms with Gasteiger partial charge < -0.3 is 14.2 Å². The Kier molecular flexibility index (Phi) is 48.6. The molecule has 0 aromatic heterocycles. The molecule has 1 unspecified atom stereocenters. The molecule has 0 spiro atoms. The molecule has 6 heteroatoms.